The smallest absolute Gasteiger partial charge is 0.345 e. The summed E-state index contributed by atoms with van der Waals surface area (Å²) in [6, 6.07) is 3.65. The van der Waals surface area contributed by atoms with Crippen molar-refractivity contribution in [2.45, 2.75) is 31.6 Å². The van der Waals surface area contributed by atoms with Crippen LogP contribution in [0.5, 0.6) is 0 Å². The minimum absolute atomic E-state index is 0.371. The van der Waals surface area contributed by atoms with Gasteiger partial charge in [0.05, 0.1) is 0 Å². The number of carboxylic acid groups (broad SMARTS) is 1. The number of rotatable bonds is 3. The lowest BCUT2D eigenvalue weighted by molar-refractivity contribution is 0.0702. The molecule has 18 heavy (non-hydrogen) atoms. The maximum Gasteiger partial charge on any atom is 0.345 e. The van der Waals surface area contributed by atoms with Crippen LogP contribution in [0.3, 0.4) is 0 Å². The molecule has 5 heteroatoms. The van der Waals surface area contributed by atoms with Crippen molar-refractivity contribution in [1.29, 1.82) is 0 Å². The molecule has 0 aliphatic carbocycles. The molecule has 0 spiro atoms. The van der Waals surface area contributed by atoms with Crippen LogP contribution in [0, 0.1) is 0 Å². The van der Waals surface area contributed by atoms with Gasteiger partial charge < -0.3 is 5.11 Å². The standard InChI is InChI=1S/C13H19NO2S2/c1-13(2)5-6-14(7-8-17-13)9-10-3-4-11(18-10)12(15)16/h3-4H,5-9H2,1-2H3,(H,15,16). The summed E-state index contributed by atoms with van der Waals surface area (Å²) in [5, 5.41) is 8.91. The number of aromatic carboxylic acids is 1. The van der Waals surface area contributed by atoms with E-state index in [1.54, 1.807) is 6.07 Å². The van der Waals surface area contributed by atoms with Gasteiger partial charge in [-0.25, -0.2) is 4.79 Å². The Morgan fingerprint density at radius 3 is 2.89 bits per heavy atom. The van der Waals surface area contributed by atoms with Gasteiger partial charge in [0.15, 0.2) is 0 Å². The number of hydrogen-bond donors (Lipinski definition) is 1. The van der Waals surface area contributed by atoms with Crippen LogP contribution in [0.2, 0.25) is 0 Å². The van der Waals surface area contributed by atoms with Gasteiger partial charge in [-0.2, -0.15) is 11.8 Å². The molecular formula is C13H19NO2S2. The van der Waals surface area contributed by atoms with Gasteiger partial charge in [-0.05, 0) is 25.1 Å². The molecule has 2 rings (SSSR count). The zero-order valence-electron chi connectivity index (χ0n) is 10.8. The third-order valence-electron chi connectivity index (χ3n) is 3.18. The first kappa shape index (κ1) is 13.9. The van der Waals surface area contributed by atoms with E-state index in [-0.39, 0.29) is 0 Å². The Kier molecular flexibility index (Phi) is 4.35. The van der Waals surface area contributed by atoms with Crippen LogP contribution in [0.25, 0.3) is 0 Å². The Morgan fingerprint density at radius 1 is 1.44 bits per heavy atom. The van der Waals surface area contributed by atoms with Crippen LogP contribution in [0.4, 0.5) is 0 Å². The Morgan fingerprint density at radius 2 is 2.22 bits per heavy atom. The van der Waals surface area contributed by atoms with Crippen LogP contribution in [-0.2, 0) is 6.54 Å². The Labute approximate surface area is 116 Å². The first-order valence-corrected chi connectivity index (χ1v) is 7.95. The van der Waals surface area contributed by atoms with E-state index in [4.69, 9.17) is 5.11 Å². The number of nitrogens with zero attached hydrogens (tertiary/aromatic N) is 1. The maximum atomic E-state index is 10.8. The van der Waals surface area contributed by atoms with Crippen molar-refractivity contribution in [2.24, 2.45) is 0 Å². The van der Waals surface area contributed by atoms with E-state index in [1.807, 2.05) is 17.8 Å². The molecular weight excluding hydrogens is 266 g/mol. The molecule has 1 aromatic heterocycles. The normalized spacial score (nSPS) is 20.6. The highest BCUT2D eigenvalue weighted by Crippen LogP contribution is 2.31. The third-order valence-corrected chi connectivity index (χ3v) is 5.61. The predicted molar refractivity (Wildman–Crippen MR) is 77.7 cm³/mol. The molecule has 1 fully saturated rings. The van der Waals surface area contributed by atoms with Gasteiger partial charge in [-0.15, -0.1) is 11.3 Å². The van der Waals surface area contributed by atoms with Gasteiger partial charge >= 0.3 is 5.97 Å². The molecule has 1 aliphatic heterocycles. The molecule has 0 amide bonds. The van der Waals surface area contributed by atoms with Gasteiger partial charge in [0.2, 0.25) is 0 Å². The van der Waals surface area contributed by atoms with Crippen LogP contribution >= 0.6 is 23.1 Å². The number of hydrogen-bond acceptors (Lipinski definition) is 4. The maximum absolute atomic E-state index is 10.8. The van der Waals surface area contributed by atoms with Gasteiger partial charge in [-0.1, -0.05) is 13.8 Å². The highest BCUT2D eigenvalue weighted by atomic mass is 32.2. The molecule has 0 bridgehead atoms. The fourth-order valence-electron chi connectivity index (χ4n) is 2.02. The highest BCUT2D eigenvalue weighted by molar-refractivity contribution is 8.00. The molecule has 1 N–H and O–H groups in total. The SMILES string of the molecule is CC1(C)CCN(Cc2ccc(C(=O)O)s2)CCS1. The molecule has 100 valence electrons. The zero-order chi connectivity index (χ0) is 13.2. The molecule has 0 atom stereocenters. The van der Waals surface area contributed by atoms with Crippen molar-refractivity contribution in [3.63, 3.8) is 0 Å². The van der Waals surface area contributed by atoms with E-state index in [0.717, 1.165) is 30.3 Å². The van der Waals surface area contributed by atoms with Crippen molar-refractivity contribution in [3.05, 3.63) is 21.9 Å². The predicted octanol–water partition coefficient (Wildman–Crippen LogP) is 3.16. The zero-order valence-corrected chi connectivity index (χ0v) is 12.4. The summed E-state index contributed by atoms with van der Waals surface area (Å²) in [6.07, 6.45) is 1.19. The molecule has 0 saturated carbocycles. The second kappa shape index (κ2) is 5.63. The minimum Gasteiger partial charge on any atom is -0.477 e. The molecule has 2 heterocycles. The fraction of sp³-hybridized carbons (Fsp3) is 0.615. The summed E-state index contributed by atoms with van der Waals surface area (Å²) in [7, 11) is 0. The van der Waals surface area contributed by atoms with Gasteiger partial charge in [-0.3, -0.25) is 4.90 Å². The van der Waals surface area contributed by atoms with Crippen LogP contribution in [0.15, 0.2) is 12.1 Å². The average molecular weight is 285 g/mol. The van der Waals surface area contributed by atoms with Gasteiger partial charge in [0.25, 0.3) is 0 Å². The quantitative estimate of drug-likeness (QED) is 0.926. The number of thioether (sulfide) groups is 1. The van der Waals surface area contributed by atoms with E-state index in [0.29, 0.717) is 9.62 Å². The summed E-state index contributed by atoms with van der Waals surface area (Å²) in [5.41, 5.74) is 0. The van der Waals surface area contributed by atoms with E-state index in [1.165, 1.54) is 17.8 Å². The Bertz CT molecular complexity index is 428. The van der Waals surface area contributed by atoms with Crippen molar-refractivity contribution < 1.29 is 9.90 Å². The molecule has 1 aliphatic rings. The Balaban J connectivity index is 1.94. The molecule has 0 unspecified atom stereocenters. The van der Waals surface area contributed by atoms with Crippen molar-refractivity contribution in [3.8, 4) is 0 Å². The topological polar surface area (TPSA) is 40.5 Å². The van der Waals surface area contributed by atoms with E-state index < -0.39 is 5.97 Å². The lowest BCUT2D eigenvalue weighted by Crippen LogP contribution is -2.26. The number of carboxylic acids is 1. The minimum atomic E-state index is -0.821. The second-order valence-corrected chi connectivity index (χ2v) is 8.18. The summed E-state index contributed by atoms with van der Waals surface area (Å²) < 4.78 is 0.371. The summed E-state index contributed by atoms with van der Waals surface area (Å²) in [4.78, 5) is 14.9. The van der Waals surface area contributed by atoms with Crippen molar-refractivity contribution in [2.75, 3.05) is 18.8 Å². The highest BCUT2D eigenvalue weighted by Gasteiger charge is 2.23. The second-order valence-electron chi connectivity index (χ2n) is 5.21. The molecule has 0 radical (unpaired) electrons. The van der Waals surface area contributed by atoms with Gasteiger partial charge in [0, 0.05) is 28.5 Å². The average Bonchev–Trinajstić information content (AvgIpc) is 2.67. The largest absolute Gasteiger partial charge is 0.477 e. The van der Waals surface area contributed by atoms with Crippen molar-refractivity contribution >= 4 is 29.1 Å². The lowest BCUT2D eigenvalue weighted by Gasteiger charge is -2.22. The summed E-state index contributed by atoms with van der Waals surface area (Å²) in [5.74, 6) is 0.336. The van der Waals surface area contributed by atoms with E-state index in [9.17, 15) is 4.79 Å². The van der Waals surface area contributed by atoms with E-state index >= 15 is 0 Å². The third kappa shape index (κ3) is 3.73. The van der Waals surface area contributed by atoms with Crippen LogP contribution in [0.1, 0.15) is 34.8 Å². The number of thiophene rings is 1. The fourth-order valence-corrected chi connectivity index (χ4v) is 4.05. The monoisotopic (exact) mass is 285 g/mol. The summed E-state index contributed by atoms with van der Waals surface area (Å²) >= 11 is 3.43. The van der Waals surface area contributed by atoms with E-state index in [2.05, 4.69) is 18.7 Å². The molecule has 3 nitrogen and oxygen atoms in total. The molecule has 1 aromatic rings. The van der Waals surface area contributed by atoms with Crippen molar-refractivity contribution in [1.82, 2.24) is 4.90 Å². The lowest BCUT2D eigenvalue weighted by atomic mass is 10.1. The van der Waals surface area contributed by atoms with Crippen LogP contribution in [-0.4, -0.2) is 39.6 Å². The van der Waals surface area contributed by atoms with Gasteiger partial charge in [0.1, 0.15) is 4.88 Å². The molecule has 0 aromatic carbocycles. The number of carbonyl (C=O) groups is 1. The first-order valence-electron chi connectivity index (χ1n) is 6.15. The van der Waals surface area contributed by atoms with Crippen LogP contribution < -0.4 is 0 Å². The first-order chi connectivity index (χ1) is 8.46. The molecule has 1 saturated heterocycles. The summed E-state index contributed by atoms with van der Waals surface area (Å²) in [6.45, 7) is 7.67. The Hall–Kier alpha value is -0.520.